The minimum Gasteiger partial charge on any atom is -0.377 e. The number of ether oxygens (including phenoxy) is 1. The summed E-state index contributed by atoms with van der Waals surface area (Å²) in [5, 5.41) is 3.38. The van der Waals surface area contributed by atoms with Gasteiger partial charge in [-0.2, -0.15) is 0 Å². The second-order valence-corrected chi connectivity index (χ2v) is 10.1. The van der Waals surface area contributed by atoms with Crippen LogP contribution in [0.4, 0.5) is 5.69 Å². The van der Waals surface area contributed by atoms with Gasteiger partial charge in [-0.3, -0.25) is 9.36 Å². The maximum Gasteiger partial charge on any atom is 0.271 e. The molecule has 33 heavy (non-hydrogen) atoms. The lowest BCUT2D eigenvalue weighted by Gasteiger charge is -2.15. The number of thiazole rings is 1. The molecule has 1 N–H and O–H groups in total. The highest BCUT2D eigenvalue weighted by Gasteiger charge is 2.27. The van der Waals surface area contributed by atoms with E-state index in [0.29, 0.717) is 13.2 Å². The van der Waals surface area contributed by atoms with E-state index < -0.39 is 0 Å². The first kappa shape index (κ1) is 21.9. The number of hydrogen-bond acceptors (Lipinski definition) is 5. The molecule has 2 aromatic heterocycles. The Morgan fingerprint density at radius 2 is 1.94 bits per heavy atom. The molecule has 0 saturated carbocycles. The standard InChI is InChI=1S/C26H25N3O2S2/c1-4-31-17(2)16-29-22(15-19-10-7-8-14-27-19)33-24(25(29)30)26-28(3)23-20-11-6-5-9-18(20)12-13-21(23)32-26/h5-15,17H,4,16H2,1-3H3/p+1/b22-15-,26-24+. The van der Waals surface area contributed by atoms with Crippen molar-refractivity contribution in [2.24, 2.45) is 0 Å². The van der Waals surface area contributed by atoms with Gasteiger partial charge in [0.05, 0.1) is 18.3 Å². The predicted octanol–water partition coefficient (Wildman–Crippen LogP) is 3.44. The number of nitrogens with zero attached hydrogens (tertiary/aromatic N) is 2. The minimum absolute atomic E-state index is 0.0280. The topological polar surface area (TPSA) is 48.6 Å². The minimum atomic E-state index is -0.0536. The average molecular weight is 477 g/mol. The molecular formula is C26H26N3O2S2+. The Bertz CT molecular complexity index is 1490. The van der Waals surface area contributed by atoms with Gasteiger partial charge in [0.2, 0.25) is 5.69 Å². The van der Waals surface area contributed by atoms with E-state index in [-0.39, 0.29) is 11.7 Å². The highest BCUT2D eigenvalue weighted by Crippen LogP contribution is 2.48. The zero-order chi connectivity index (χ0) is 22.9. The molecule has 5 nitrogen and oxygen atoms in total. The van der Waals surface area contributed by atoms with Crippen LogP contribution in [0, 0.1) is 0 Å². The molecule has 1 aliphatic heterocycles. The molecule has 1 atom stereocenters. The first-order valence-corrected chi connectivity index (χ1v) is 12.7. The summed E-state index contributed by atoms with van der Waals surface area (Å²) in [4.78, 5) is 20.3. The van der Waals surface area contributed by atoms with Crippen LogP contribution in [-0.2, 0) is 11.3 Å². The lowest BCUT2D eigenvalue weighted by atomic mass is 10.1. The quantitative estimate of drug-likeness (QED) is 0.443. The maximum absolute atomic E-state index is 13.7. The fourth-order valence-corrected chi connectivity index (χ4v) is 6.63. The number of fused-ring (bicyclic) bond motifs is 3. The van der Waals surface area contributed by atoms with Gasteiger partial charge in [0.15, 0.2) is 6.20 Å². The SMILES string of the molecule is CCOC(C)Cn1c(=O)/c(=C2\Sc3ccc4ccccc4c3N2C)s/c1=C\c1cccc[nH+]1. The van der Waals surface area contributed by atoms with Crippen LogP contribution >= 0.6 is 23.1 Å². The Morgan fingerprint density at radius 1 is 1.12 bits per heavy atom. The molecule has 7 heteroatoms. The molecule has 168 valence electrons. The van der Waals surface area contributed by atoms with E-state index in [1.54, 1.807) is 11.8 Å². The van der Waals surface area contributed by atoms with Crippen molar-refractivity contribution in [2.45, 2.75) is 31.4 Å². The summed E-state index contributed by atoms with van der Waals surface area (Å²) in [6, 6.07) is 18.6. The molecule has 2 aromatic carbocycles. The third-order valence-electron chi connectivity index (χ3n) is 5.72. The number of H-pyrrole nitrogens is 1. The number of hydrogen-bond donors (Lipinski definition) is 0. The molecule has 0 bridgehead atoms. The summed E-state index contributed by atoms with van der Waals surface area (Å²) in [7, 11) is 2.06. The summed E-state index contributed by atoms with van der Waals surface area (Å²) in [5.74, 6) is 0. The van der Waals surface area contributed by atoms with Gasteiger partial charge in [-0.1, -0.05) is 42.1 Å². The summed E-state index contributed by atoms with van der Waals surface area (Å²) in [6.07, 6.45) is 3.88. The van der Waals surface area contributed by atoms with Crippen LogP contribution in [0.25, 0.3) is 21.9 Å². The summed E-state index contributed by atoms with van der Waals surface area (Å²) in [5.41, 5.74) is 2.15. The number of rotatable bonds is 5. The van der Waals surface area contributed by atoms with E-state index in [9.17, 15) is 4.79 Å². The van der Waals surface area contributed by atoms with Crippen LogP contribution in [0.1, 0.15) is 19.5 Å². The number of thioether (sulfide) groups is 1. The Morgan fingerprint density at radius 3 is 2.73 bits per heavy atom. The molecule has 4 aromatic rings. The third kappa shape index (κ3) is 4.12. The summed E-state index contributed by atoms with van der Waals surface area (Å²) in [6.45, 7) is 5.12. The fourth-order valence-electron chi connectivity index (χ4n) is 4.20. The normalized spacial score (nSPS) is 16.5. The van der Waals surface area contributed by atoms with Crippen LogP contribution in [0.3, 0.4) is 0 Å². The number of aromatic amines is 1. The molecule has 0 spiro atoms. The van der Waals surface area contributed by atoms with Gasteiger partial charge in [0.1, 0.15) is 14.2 Å². The van der Waals surface area contributed by atoms with E-state index in [1.807, 2.05) is 48.9 Å². The number of benzene rings is 2. The van der Waals surface area contributed by atoms with Gasteiger partial charge < -0.3 is 9.64 Å². The van der Waals surface area contributed by atoms with Crippen molar-refractivity contribution in [1.82, 2.24) is 4.57 Å². The van der Waals surface area contributed by atoms with Gasteiger partial charge in [-0.05, 0) is 31.4 Å². The van der Waals surface area contributed by atoms with Crippen molar-refractivity contribution < 1.29 is 9.72 Å². The first-order valence-electron chi connectivity index (χ1n) is 11.0. The van der Waals surface area contributed by atoms with Crippen molar-refractivity contribution in [3.63, 3.8) is 0 Å². The Labute approximate surface area is 200 Å². The molecule has 0 fully saturated rings. The zero-order valence-corrected chi connectivity index (χ0v) is 20.5. The Balaban J connectivity index is 1.70. The van der Waals surface area contributed by atoms with E-state index in [0.717, 1.165) is 25.6 Å². The van der Waals surface area contributed by atoms with Gasteiger partial charge >= 0.3 is 0 Å². The van der Waals surface area contributed by atoms with Crippen molar-refractivity contribution in [2.75, 3.05) is 18.6 Å². The molecule has 5 rings (SSSR count). The molecule has 0 aliphatic carbocycles. The second-order valence-electron chi connectivity index (χ2n) is 8.01. The molecule has 0 radical (unpaired) electrons. The Hall–Kier alpha value is -2.87. The molecule has 0 saturated heterocycles. The summed E-state index contributed by atoms with van der Waals surface area (Å²) >= 11 is 3.21. The molecule has 1 unspecified atom stereocenters. The Kier molecular flexibility index (Phi) is 6.10. The van der Waals surface area contributed by atoms with Crippen molar-refractivity contribution in [3.8, 4) is 0 Å². The largest absolute Gasteiger partial charge is 0.377 e. The van der Waals surface area contributed by atoms with Gasteiger partial charge in [0, 0.05) is 42.1 Å². The van der Waals surface area contributed by atoms with Gasteiger partial charge in [-0.15, -0.1) is 11.3 Å². The summed E-state index contributed by atoms with van der Waals surface area (Å²) < 4.78 is 9.28. The lowest BCUT2D eigenvalue weighted by Crippen LogP contribution is -2.37. The van der Waals surface area contributed by atoms with Crippen LogP contribution in [0.5, 0.6) is 0 Å². The first-order chi connectivity index (χ1) is 16.1. The molecule has 0 amide bonds. The second kappa shape index (κ2) is 9.17. The predicted molar refractivity (Wildman–Crippen MR) is 137 cm³/mol. The molecule has 3 heterocycles. The molecular weight excluding hydrogens is 450 g/mol. The van der Waals surface area contributed by atoms with Crippen LogP contribution < -0.4 is 24.6 Å². The smallest absolute Gasteiger partial charge is 0.271 e. The van der Waals surface area contributed by atoms with Crippen LogP contribution in [0.2, 0.25) is 0 Å². The van der Waals surface area contributed by atoms with E-state index in [2.05, 4.69) is 53.3 Å². The maximum atomic E-state index is 13.7. The fraction of sp³-hybridized carbons (Fsp3) is 0.231. The van der Waals surface area contributed by atoms with Crippen LogP contribution in [0.15, 0.2) is 70.5 Å². The number of pyridine rings is 1. The monoisotopic (exact) mass is 476 g/mol. The lowest BCUT2D eigenvalue weighted by molar-refractivity contribution is -0.380. The number of anilines is 1. The van der Waals surface area contributed by atoms with Crippen molar-refractivity contribution in [1.29, 1.82) is 0 Å². The van der Waals surface area contributed by atoms with Crippen molar-refractivity contribution in [3.05, 3.63) is 86.0 Å². The molecule has 1 aliphatic rings. The number of aromatic nitrogens is 2. The number of nitrogens with one attached hydrogen (secondary N) is 1. The van der Waals surface area contributed by atoms with E-state index >= 15 is 0 Å². The highest BCUT2D eigenvalue weighted by molar-refractivity contribution is 8.08. The van der Waals surface area contributed by atoms with Crippen LogP contribution in [-0.4, -0.2) is 24.3 Å². The van der Waals surface area contributed by atoms with Gasteiger partial charge in [-0.25, -0.2) is 4.98 Å². The highest BCUT2D eigenvalue weighted by atomic mass is 32.2. The van der Waals surface area contributed by atoms with Gasteiger partial charge in [0.25, 0.3) is 5.56 Å². The third-order valence-corrected chi connectivity index (χ3v) is 8.19. The zero-order valence-electron chi connectivity index (χ0n) is 18.9. The average Bonchev–Trinajstić information content (AvgIpc) is 3.31. The van der Waals surface area contributed by atoms with E-state index in [4.69, 9.17) is 4.74 Å². The van der Waals surface area contributed by atoms with Crippen molar-refractivity contribution >= 4 is 50.7 Å². The van der Waals surface area contributed by atoms with E-state index in [1.165, 1.54) is 27.0 Å².